The molecule has 0 radical (unpaired) electrons. The first kappa shape index (κ1) is 12.0. The van der Waals surface area contributed by atoms with Gasteiger partial charge < -0.3 is 15.8 Å². The second kappa shape index (κ2) is 5.72. The molecule has 0 aliphatic carbocycles. The number of nitrogens with two attached hydrogens (primary N) is 1. The first-order valence-corrected chi connectivity index (χ1v) is 6.58. The molecule has 2 atom stereocenters. The second-order valence-electron chi connectivity index (χ2n) is 4.27. The van der Waals surface area contributed by atoms with Gasteiger partial charge in [0.15, 0.2) is 0 Å². The maximum Gasteiger partial charge on any atom is 0.0897 e. The van der Waals surface area contributed by atoms with E-state index in [9.17, 15) is 0 Å². The molecule has 3 N–H and O–H groups in total. The highest BCUT2D eigenvalue weighted by molar-refractivity contribution is 7.09. The molecule has 1 aromatic rings. The summed E-state index contributed by atoms with van der Waals surface area (Å²) in [5.74, 6) is 0.470. The van der Waals surface area contributed by atoms with Crippen LogP contribution >= 0.6 is 11.3 Å². The molecule has 16 heavy (non-hydrogen) atoms. The van der Waals surface area contributed by atoms with Gasteiger partial charge in [-0.1, -0.05) is 0 Å². The van der Waals surface area contributed by atoms with Crippen molar-refractivity contribution < 1.29 is 4.74 Å². The van der Waals surface area contributed by atoms with Crippen molar-refractivity contribution in [3.63, 3.8) is 0 Å². The molecule has 2 rings (SSSR count). The van der Waals surface area contributed by atoms with E-state index >= 15 is 0 Å². The zero-order chi connectivity index (χ0) is 11.4. The van der Waals surface area contributed by atoms with Gasteiger partial charge in [-0.2, -0.15) is 0 Å². The van der Waals surface area contributed by atoms with Crippen molar-refractivity contribution in [1.82, 2.24) is 10.3 Å². The number of rotatable bonds is 5. The highest BCUT2D eigenvalue weighted by atomic mass is 32.1. The average molecular weight is 241 g/mol. The maximum absolute atomic E-state index is 5.90. The molecule has 0 bridgehead atoms. The van der Waals surface area contributed by atoms with Gasteiger partial charge in [-0.15, -0.1) is 11.3 Å². The molecule has 2 heterocycles. The Labute approximate surface area is 100 Å². The molecule has 0 amide bonds. The highest BCUT2D eigenvalue weighted by Gasteiger charge is 2.23. The SMILES string of the molecule is Cc1nc(CCNCC2COCC2N)cs1. The van der Waals surface area contributed by atoms with Crippen molar-refractivity contribution in [3.05, 3.63) is 16.1 Å². The van der Waals surface area contributed by atoms with Gasteiger partial charge in [-0.25, -0.2) is 4.98 Å². The Hall–Kier alpha value is -0.490. The van der Waals surface area contributed by atoms with E-state index in [1.54, 1.807) is 11.3 Å². The fourth-order valence-corrected chi connectivity index (χ4v) is 2.50. The smallest absolute Gasteiger partial charge is 0.0897 e. The lowest BCUT2D eigenvalue weighted by molar-refractivity contribution is 0.184. The molecule has 5 heteroatoms. The van der Waals surface area contributed by atoms with Gasteiger partial charge in [-0.3, -0.25) is 0 Å². The van der Waals surface area contributed by atoms with E-state index in [1.165, 1.54) is 5.69 Å². The van der Waals surface area contributed by atoms with Crippen LogP contribution in [0.1, 0.15) is 10.7 Å². The lowest BCUT2D eigenvalue weighted by Crippen LogP contribution is -2.36. The molecular formula is C11H19N3OS. The molecular weight excluding hydrogens is 222 g/mol. The van der Waals surface area contributed by atoms with Gasteiger partial charge in [0.05, 0.1) is 23.9 Å². The third-order valence-corrected chi connectivity index (χ3v) is 3.70. The number of aromatic nitrogens is 1. The summed E-state index contributed by atoms with van der Waals surface area (Å²) in [6.45, 7) is 5.45. The molecule has 2 unspecified atom stereocenters. The number of nitrogens with one attached hydrogen (secondary N) is 1. The fraction of sp³-hybridized carbons (Fsp3) is 0.727. The van der Waals surface area contributed by atoms with Crippen molar-refractivity contribution in [2.24, 2.45) is 11.7 Å². The topological polar surface area (TPSA) is 60.2 Å². The van der Waals surface area contributed by atoms with Crippen LogP contribution < -0.4 is 11.1 Å². The van der Waals surface area contributed by atoms with Crippen LogP contribution in [-0.4, -0.2) is 37.3 Å². The Morgan fingerprint density at radius 1 is 1.62 bits per heavy atom. The van der Waals surface area contributed by atoms with Crippen molar-refractivity contribution in [2.45, 2.75) is 19.4 Å². The first-order valence-electron chi connectivity index (χ1n) is 5.71. The number of hydrogen-bond donors (Lipinski definition) is 2. The van der Waals surface area contributed by atoms with Gasteiger partial charge in [-0.05, 0) is 6.92 Å². The minimum Gasteiger partial charge on any atom is -0.379 e. The average Bonchev–Trinajstić information content (AvgIpc) is 2.83. The summed E-state index contributed by atoms with van der Waals surface area (Å²) in [7, 11) is 0. The zero-order valence-electron chi connectivity index (χ0n) is 9.61. The summed E-state index contributed by atoms with van der Waals surface area (Å²) in [6, 6.07) is 0.203. The Bertz CT molecular complexity index is 329. The van der Waals surface area contributed by atoms with Crippen molar-refractivity contribution in [3.8, 4) is 0 Å². The fourth-order valence-electron chi connectivity index (χ4n) is 1.85. The maximum atomic E-state index is 5.90. The van der Waals surface area contributed by atoms with Crippen LogP contribution in [-0.2, 0) is 11.2 Å². The van der Waals surface area contributed by atoms with Crippen LogP contribution in [0.2, 0.25) is 0 Å². The van der Waals surface area contributed by atoms with Crippen LogP contribution in [0, 0.1) is 12.8 Å². The van der Waals surface area contributed by atoms with Crippen LogP contribution in [0.25, 0.3) is 0 Å². The molecule has 1 aliphatic rings. The van der Waals surface area contributed by atoms with E-state index in [0.717, 1.165) is 31.1 Å². The minimum absolute atomic E-state index is 0.203. The van der Waals surface area contributed by atoms with E-state index < -0.39 is 0 Å². The summed E-state index contributed by atoms with van der Waals surface area (Å²) in [5, 5.41) is 6.69. The highest BCUT2D eigenvalue weighted by Crippen LogP contribution is 2.10. The van der Waals surface area contributed by atoms with Crippen LogP contribution in [0.4, 0.5) is 0 Å². The van der Waals surface area contributed by atoms with E-state index in [-0.39, 0.29) is 6.04 Å². The van der Waals surface area contributed by atoms with Crippen LogP contribution in [0.5, 0.6) is 0 Å². The molecule has 90 valence electrons. The standard InChI is InChI=1S/C11H19N3OS/c1-8-14-10(7-16-8)2-3-13-4-9-5-15-6-11(9)12/h7,9,11,13H,2-6,12H2,1H3. The third-order valence-electron chi connectivity index (χ3n) is 2.88. The van der Waals surface area contributed by atoms with Gasteiger partial charge in [0.1, 0.15) is 0 Å². The number of thiazole rings is 1. The number of nitrogens with zero attached hydrogens (tertiary/aromatic N) is 1. The summed E-state index contributed by atoms with van der Waals surface area (Å²) < 4.78 is 5.31. The van der Waals surface area contributed by atoms with Crippen molar-refractivity contribution in [1.29, 1.82) is 0 Å². The summed E-state index contributed by atoms with van der Waals surface area (Å²) in [4.78, 5) is 4.42. The number of aryl methyl sites for hydroxylation is 1. The molecule has 4 nitrogen and oxygen atoms in total. The van der Waals surface area contributed by atoms with Gasteiger partial charge >= 0.3 is 0 Å². The van der Waals surface area contributed by atoms with Crippen molar-refractivity contribution >= 4 is 11.3 Å². The number of ether oxygens (including phenoxy) is 1. The van der Waals surface area contributed by atoms with Crippen molar-refractivity contribution in [2.75, 3.05) is 26.3 Å². The Morgan fingerprint density at radius 2 is 2.50 bits per heavy atom. The Kier molecular flexibility index (Phi) is 4.29. The lowest BCUT2D eigenvalue weighted by atomic mass is 10.1. The molecule has 1 fully saturated rings. The van der Waals surface area contributed by atoms with E-state index in [0.29, 0.717) is 12.5 Å². The molecule has 0 aromatic carbocycles. The molecule has 0 saturated carbocycles. The monoisotopic (exact) mass is 241 g/mol. The first-order chi connectivity index (χ1) is 7.75. The quantitative estimate of drug-likeness (QED) is 0.739. The van der Waals surface area contributed by atoms with E-state index in [1.807, 2.05) is 6.92 Å². The Morgan fingerprint density at radius 3 is 3.12 bits per heavy atom. The third kappa shape index (κ3) is 3.25. The summed E-state index contributed by atoms with van der Waals surface area (Å²) in [5.41, 5.74) is 7.08. The molecule has 1 aliphatic heterocycles. The number of hydrogen-bond acceptors (Lipinski definition) is 5. The lowest BCUT2D eigenvalue weighted by Gasteiger charge is -2.13. The predicted octanol–water partition coefficient (Wildman–Crippen LogP) is 0.557. The predicted molar refractivity (Wildman–Crippen MR) is 65.7 cm³/mol. The zero-order valence-corrected chi connectivity index (χ0v) is 10.4. The largest absolute Gasteiger partial charge is 0.379 e. The van der Waals surface area contributed by atoms with Crippen LogP contribution in [0.15, 0.2) is 5.38 Å². The summed E-state index contributed by atoms with van der Waals surface area (Å²) in [6.07, 6.45) is 0.993. The van der Waals surface area contributed by atoms with E-state index in [2.05, 4.69) is 15.7 Å². The minimum atomic E-state index is 0.203. The summed E-state index contributed by atoms with van der Waals surface area (Å²) >= 11 is 1.71. The van der Waals surface area contributed by atoms with Crippen LogP contribution in [0.3, 0.4) is 0 Å². The van der Waals surface area contributed by atoms with Gasteiger partial charge in [0, 0.05) is 36.9 Å². The van der Waals surface area contributed by atoms with Gasteiger partial charge in [0.2, 0.25) is 0 Å². The molecule has 1 saturated heterocycles. The van der Waals surface area contributed by atoms with Gasteiger partial charge in [0.25, 0.3) is 0 Å². The second-order valence-corrected chi connectivity index (χ2v) is 5.34. The normalized spacial score (nSPS) is 25.1. The van der Waals surface area contributed by atoms with E-state index in [4.69, 9.17) is 10.5 Å². The molecule has 1 aromatic heterocycles. The molecule has 0 spiro atoms. The Balaban J connectivity index is 1.61.